The topological polar surface area (TPSA) is 41.6 Å². The van der Waals surface area contributed by atoms with Crippen LogP contribution >= 0.6 is 0 Å². The molecule has 0 spiro atoms. The molecule has 4 heteroatoms. The molecule has 0 unspecified atom stereocenters. The number of nitrogens with zero attached hydrogens (tertiary/aromatic N) is 1. The maximum Gasteiger partial charge on any atom is 0.241 e. The molecule has 0 bridgehead atoms. The molecular weight excluding hydrogens is 324 g/mol. The minimum Gasteiger partial charge on any atom is -0.497 e. The number of carbonyl (C=O) groups excluding carboxylic acids is 1. The van der Waals surface area contributed by atoms with Crippen LogP contribution in [0.4, 0.5) is 5.69 Å². The molecule has 134 valence electrons. The van der Waals surface area contributed by atoms with E-state index in [0.717, 1.165) is 17.0 Å². The molecule has 26 heavy (non-hydrogen) atoms. The Balaban J connectivity index is 1.82. The predicted octanol–water partition coefficient (Wildman–Crippen LogP) is 3.64. The third kappa shape index (κ3) is 2.25. The summed E-state index contributed by atoms with van der Waals surface area (Å²) < 4.78 is 5.32. The number of carbonyl (C=O) groups is 1. The number of rotatable bonds is 3. The van der Waals surface area contributed by atoms with E-state index in [1.54, 1.807) is 7.11 Å². The number of aryl methyl sites for hydroxylation is 1. The first-order valence-electron chi connectivity index (χ1n) is 8.90. The Morgan fingerprint density at radius 3 is 2.77 bits per heavy atom. The second-order valence-corrected chi connectivity index (χ2v) is 7.66. The number of anilines is 1. The molecule has 0 aliphatic carbocycles. The molecule has 2 heterocycles. The van der Waals surface area contributed by atoms with E-state index in [9.17, 15) is 4.79 Å². The molecule has 0 saturated carbocycles. The molecule has 0 radical (unpaired) electrons. The van der Waals surface area contributed by atoms with Crippen LogP contribution in [0.5, 0.6) is 5.75 Å². The number of hydrogen-bond acceptors (Lipinski definition) is 3. The van der Waals surface area contributed by atoms with Crippen molar-refractivity contribution in [3.63, 3.8) is 0 Å². The lowest BCUT2D eigenvalue weighted by molar-refractivity contribution is -0.118. The zero-order valence-corrected chi connectivity index (χ0v) is 15.7. The largest absolute Gasteiger partial charge is 0.497 e. The molecular formula is C22H24N2O2. The first-order chi connectivity index (χ1) is 12.4. The van der Waals surface area contributed by atoms with E-state index in [1.807, 2.05) is 24.3 Å². The summed E-state index contributed by atoms with van der Waals surface area (Å²) in [5, 5.41) is 3.25. The zero-order chi connectivity index (χ0) is 18.5. The van der Waals surface area contributed by atoms with Crippen molar-refractivity contribution < 1.29 is 9.53 Å². The van der Waals surface area contributed by atoms with Crippen molar-refractivity contribution in [2.75, 3.05) is 18.6 Å². The molecule has 4 nitrogen and oxygen atoms in total. The van der Waals surface area contributed by atoms with Crippen molar-refractivity contribution >= 4 is 17.7 Å². The first kappa shape index (κ1) is 16.7. The van der Waals surface area contributed by atoms with Gasteiger partial charge in [0.25, 0.3) is 0 Å². The van der Waals surface area contributed by atoms with Crippen LogP contribution in [0, 0.1) is 6.92 Å². The van der Waals surface area contributed by atoms with Gasteiger partial charge in [-0.2, -0.15) is 0 Å². The molecule has 1 N–H and O–H groups in total. The summed E-state index contributed by atoms with van der Waals surface area (Å²) in [6, 6.07) is 14.4. The smallest absolute Gasteiger partial charge is 0.241 e. The molecule has 0 aromatic heterocycles. The zero-order valence-electron chi connectivity index (χ0n) is 15.7. The van der Waals surface area contributed by atoms with Gasteiger partial charge in [-0.25, -0.2) is 0 Å². The fraction of sp³-hybridized carbons (Fsp3) is 0.318. The van der Waals surface area contributed by atoms with E-state index < -0.39 is 5.66 Å². The van der Waals surface area contributed by atoms with Gasteiger partial charge in [-0.1, -0.05) is 49.8 Å². The summed E-state index contributed by atoms with van der Waals surface area (Å²) in [4.78, 5) is 14.5. The average molecular weight is 348 g/mol. The van der Waals surface area contributed by atoms with E-state index in [0.29, 0.717) is 6.54 Å². The van der Waals surface area contributed by atoms with Gasteiger partial charge in [0.1, 0.15) is 11.4 Å². The summed E-state index contributed by atoms with van der Waals surface area (Å²) in [7, 11) is 1.67. The fourth-order valence-electron chi connectivity index (χ4n) is 4.25. The lowest BCUT2D eigenvalue weighted by Gasteiger charge is -2.40. The third-order valence-corrected chi connectivity index (χ3v) is 5.74. The van der Waals surface area contributed by atoms with E-state index in [2.05, 4.69) is 61.3 Å². The van der Waals surface area contributed by atoms with Gasteiger partial charge in [-0.3, -0.25) is 4.79 Å². The predicted molar refractivity (Wildman–Crippen MR) is 104 cm³/mol. The maximum atomic E-state index is 12.3. The van der Waals surface area contributed by atoms with Crippen LogP contribution in [-0.2, 0) is 10.2 Å². The monoisotopic (exact) mass is 348 g/mol. The van der Waals surface area contributed by atoms with Crippen LogP contribution in [-0.4, -0.2) is 25.2 Å². The lowest BCUT2D eigenvalue weighted by Crippen LogP contribution is -2.58. The third-order valence-electron chi connectivity index (χ3n) is 5.74. The highest BCUT2D eigenvalue weighted by Gasteiger charge is 2.59. The van der Waals surface area contributed by atoms with Gasteiger partial charge in [-0.15, -0.1) is 0 Å². The van der Waals surface area contributed by atoms with Crippen molar-refractivity contribution in [2.24, 2.45) is 0 Å². The van der Waals surface area contributed by atoms with E-state index >= 15 is 0 Å². The average Bonchev–Trinajstić information content (AvgIpc) is 3.05. The van der Waals surface area contributed by atoms with Gasteiger partial charge in [0.05, 0.1) is 13.7 Å². The van der Waals surface area contributed by atoms with Crippen LogP contribution in [0.15, 0.2) is 48.5 Å². The number of methoxy groups -OCH3 is 1. The summed E-state index contributed by atoms with van der Waals surface area (Å²) >= 11 is 0. The SMILES string of the molecule is COc1cccc(/C=C/[C@@]23NC(=O)CN2c2ccc(C)cc2C3(C)C)c1. The minimum absolute atomic E-state index is 0.0552. The highest BCUT2D eigenvalue weighted by molar-refractivity contribution is 5.91. The Morgan fingerprint density at radius 1 is 1.19 bits per heavy atom. The van der Waals surface area contributed by atoms with Crippen LogP contribution < -0.4 is 15.0 Å². The van der Waals surface area contributed by atoms with Crippen LogP contribution in [0.2, 0.25) is 0 Å². The summed E-state index contributed by atoms with van der Waals surface area (Å²) in [5.74, 6) is 0.876. The molecule has 1 fully saturated rings. The quantitative estimate of drug-likeness (QED) is 0.921. The van der Waals surface area contributed by atoms with Gasteiger partial charge in [0.2, 0.25) is 5.91 Å². The Kier molecular flexibility index (Phi) is 3.62. The normalized spacial score (nSPS) is 23.1. The van der Waals surface area contributed by atoms with Gasteiger partial charge < -0.3 is 15.0 Å². The van der Waals surface area contributed by atoms with E-state index in [4.69, 9.17) is 4.74 Å². The number of nitrogens with one attached hydrogen (secondary N) is 1. The summed E-state index contributed by atoms with van der Waals surface area (Å²) in [5.41, 5.74) is 3.86. The second-order valence-electron chi connectivity index (χ2n) is 7.66. The van der Waals surface area contributed by atoms with Crippen molar-refractivity contribution in [1.29, 1.82) is 0 Å². The molecule has 2 aromatic rings. The first-order valence-corrected chi connectivity index (χ1v) is 8.90. The fourth-order valence-corrected chi connectivity index (χ4v) is 4.25. The van der Waals surface area contributed by atoms with E-state index in [1.165, 1.54) is 11.1 Å². The van der Waals surface area contributed by atoms with Gasteiger partial charge >= 0.3 is 0 Å². The Labute approximate surface area is 154 Å². The van der Waals surface area contributed by atoms with Crippen molar-refractivity contribution in [3.05, 3.63) is 65.2 Å². The molecule has 4 rings (SSSR count). The van der Waals surface area contributed by atoms with Gasteiger partial charge in [0.15, 0.2) is 0 Å². The molecule has 2 aromatic carbocycles. The Bertz CT molecular complexity index is 916. The van der Waals surface area contributed by atoms with Crippen molar-refractivity contribution in [1.82, 2.24) is 5.32 Å². The molecule has 1 amide bonds. The van der Waals surface area contributed by atoms with Crippen LogP contribution in [0.3, 0.4) is 0 Å². The highest BCUT2D eigenvalue weighted by atomic mass is 16.5. The number of amides is 1. The highest BCUT2D eigenvalue weighted by Crippen LogP contribution is 2.53. The Morgan fingerprint density at radius 2 is 2.00 bits per heavy atom. The number of ether oxygens (including phenoxy) is 1. The lowest BCUT2D eigenvalue weighted by atomic mass is 9.75. The van der Waals surface area contributed by atoms with Crippen molar-refractivity contribution in [3.8, 4) is 5.75 Å². The van der Waals surface area contributed by atoms with E-state index in [-0.39, 0.29) is 11.3 Å². The standard InChI is InChI=1S/C22H24N2O2/c1-15-8-9-19-18(12-15)21(2,3)22(23-20(25)14-24(19)22)11-10-16-6-5-7-17(13-16)26-4/h5-13H,14H2,1-4H3,(H,23,25)/b11-10+/t22-/m1/s1. The Hall–Kier alpha value is -2.75. The molecule has 1 saturated heterocycles. The minimum atomic E-state index is -0.566. The number of fused-ring (bicyclic) bond motifs is 3. The van der Waals surface area contributed by atoms with Crippen LogP contribution in [0.1, 0.15) is 30.5 Å². The molecule has 2 aliphatic heterocycles. The van der Waals surface area contributed by atoms with Gasteiger partial charge in [0, 0.05) is 11.1 Å². The number of benzene rings is 2. The second kappa shape index (κ2) is 5.63. The summed E-state index contributed by atoms with van der Waals surface area (Å²) in [6.07, 6.45) is 4.20. The van der Waals surface area contributed by atoms with Gasteiger partial charge in [-0.05, 0) is 42.3 Å². The van der Waals surface area contributed by atoms with Crippen molar-refractivity contribution in [2.45, 2.75) is 31.8 Å². The number of hydrogen-bond donors (Lipinski definition) is 1. The molecule has 1 atom stereocenters. The molecule has 2 aliphatic rings. The maximum absolute atomic E-state index is 12.3. The van der Waals surface area contributed by atoms with Crippen LogP contribution in [0.25, 0.3) is 6.08 Å². The summed E-state index contributed by atoms with van der Waals surface area (Å²) in [6.45, 7) is 6.89.